The van der Waals surface area contributed by atoms with E-state index in [0.717, 1.165) is 0 Å². The molecule has 116 valence electrons. The number of hydrogen-bond acceptors (Lipinski definition) is 3. The molecular formula is C12H8Cl6O3. The molecule has 0 radical (unpaired) electrons. The Morgan fingerprint density at radius 3 is 1.67 bits per heavy atom. The number of carbonyl (C=O) groups excluding carboxylic acids is 2. The van der Waals surface area contributed by atoms with E-state index < -0.39 is 11.2 Å². The molecule has 9 heteroatoms. The van der Waals surface area contributed by atoms with Crippen LogP contribution in [0.3, 0.4) is 0 Å². The van der Waals surface area contributed by atoms with Crippen molar-refractivity contribution in [3.63, 3.8) is 0 Å². The molecule has 1 rings (SSSR count). The zero-order valence-electron chi connectivity index (χ0n) is 10.3. The summed E-state index contributed by atoms with van der Waals surface area (Å²) in [5.41, 5.74) is 0. The van der Waals surface area contributed by atoms with Crippen LogP contribution < -0.4 is 4.74 Å². The third kappa shape index (κ3) is 5.34. The number of esters is 1. The maximum absolute atomic E-state index is 11.7. The normalized spacial score (nSPS) is 10.6. The van der Waals surface area contributed by atoms with Crippen LogP contribution in [-0.4, -0.2) is 11.2 Å². The summed E-state index contributed by atoms with van der Waals surface area (Å²) in [7, 11) is 0. The molecule has 0 aliphatic rings. The number of hydrogen-bond donors (Lipinski definition) is 0. The van der Waals surface area contributed by atoms with Crippen molar-refractivity contribution in [1.29, 1.82) is 0 Å². The van der Waals surface area contributed by atoms with E-state index in [0.29, 0.717) is 12.8 Å². The highest BCUT2D eigenvalue weighted by Crippen LogP contribution is 2.48. The van der Waals surface area contributed by atoms with Gasteiger partial charge in [0.1, 0.15) is 10.0 Å². The van der Waals surface area contributed by atoms with Gasteiger partial charge >= 0.3 is 5.97 Å². The Kier molecular flexibility index (Phi) is 7.90. The SMILES string of the molecule is O=C(Cl)CCCCC(=O)Oc1c(Cl)c(Cl)c(Cl)c(Cl)c1Cl. The molecule has 0 heterocycles. The van der Waals surface area contributed by atoms with Crippen molar-refractivity contribution >= 4 is 80.8 Å². The molecule has 0 fully saturated rings. The van der Waals surface area contributed by atoms with Crippen LogP contribution in [0.1, 0.15) is 25.7 Å². The minimum atomic E-state index is -0.588. The second-order valence-electron chi connectivity index (χ2n) is 3.94. The lowest BCUT2D eigenvalue weighted by atomic mass is 10.2. The van der Waals surface area contributed by atoms with Crippen LogP contribution in [0.25, 0.3) is 0 Å². The maximum atomic E-state index is 11.7. The van der Waals surface area contributed by atoms with Crippen molar-refractivity contribution in [1.82, 2.24) is 0 Å². The predicted octanol–water partition coefficient (Wildman–Crippen LogP) is 6.18. The molecule has 21 heavy (non-hydrogen) atoms. The van der Waals surface area contributed by atoms with Crippen molar-refractivity contribution < 1.29 is 14.3 Å². The van der Waals surface area contributed by atoms with E-state index in [1.54, 1.807) is 0 Å². The summed E-state index contributed by atoms with van der Waals surface area (Å²) in [6.07, 6.45) is 1.16. The van der Waals surface area contributed by atoms with Crippen LogP contribution in [0.5, 0.6) is 5.75 Å². The lowest BCUT2D eigenvalue weighted by Crippen LogP contribution is -2.09. The molecule has 0 bridgehead atoms. The second-order valence-corrected chi connectivity index (χ2v) is 6.25. The first-order valence-electron chi connectivity index (χ1n) is 5.66. The first-order valence-corrected chi connectivity index (χ1v) is 7.93. The lowest BCUT2D eigenvalue weighted by molar-refractivity contribution is -0.134. The number of benzene rings is 1. The Bertz CT molecular complexity index is 544. The molecule has 0 unspecified atom stereocenters. The number of halogens is 6. The van der Waals surface area contributed by atoms with Gasteiger partial charge in [0.05, 0.1) is 15.1 Å². The van der Waals surface area contributed by atoms with Gasteiger partial charge in [-0.2, -0.15) is 0 Å². The molecule has 0 aliphatic heterocycles. The largest absolute Gasteiger partial charge is 0.423 e. The average molecular weight is 413 g/mol. The molecule has 0 saturated carbocycles. The first kappa shape index (κ1) is 19.1. The standard InChI is InChI=1S/C12H8Cl6O3/c13-5(19)3-1-2-4-6(20)21-12-10(17)8(15)7(14)9(16)11(12)18/h1-4H2. The van der Waals surface area contributed by atoms with Crippen LogP contribution in [0, 0.1) is 0 Å². The van der Waals surface area contributed by atoms with E-state index in [1.807, 2.05) is 0 Å². The Morgan fingerprint density at radius 1 is 0.762 bits per heavy atom. The molecule has 0 amide bonds. The zero-order chi connectivity index (χ0) is 16.2. The zero-order valence-corrected chi connectivity index (χ0v) is 14.9. The van der Waals surface area contributed by atoms with Gasteiger partial charge in [0.15, 0.2) is 5.75 Å². The van der Waals surface area contributed by atoms with E-state index in [1.165, 1.54) is 0 Å². The fraction of sp³-hybridized carbons (Fsp3) is 0.333. The van der Waals surface area contributed by atoms with Gasteiger partial charge in [-0.05, 0) is 24.4 Å². The van der Waals surface area contributed by atoms with Crippen LogP contribution in [-0.2, 0) is 9.59 Å². The van der Waals surface area contributed by atoms with E-state index in [4.69, 9.17) is 74.3 Å². The Hall–Kier alpha value is 0.1000. The van der Waals surface area contributed by atoms with Crippen molar-refractivity contribution in [2.24, 2.45) is 0 Å². The number of carbonyl (C=O) groups is 2. The summed E-state index contributed by atoms with van der Waals surface area (Å²) >= 11 is 34.6. The van der Waals surface area contributed by atoms with Crippen LogP contribution in [0.2, 0.25) is 25.1 Å². The molecule has 0 aromatic heterocycles. The fourth-order valence-electron chi connectivity index (χ4n) is 1.37. The maximum Gasteiger partial charge on any atom is 0.311 e. The molecule has 1 aromatic carbocycles. The Balaban J connectivity index is 2.75. The quantitative estimate of drug-likeness (QED) is 0.140. The Morgan fingerprint density at radius 2 is 1.19 bits per heavy atom. The summed E-state index contributed by atoms with van der Waals surface area (Å²) in [5, 5.41) is -0.772. The second kappa shape index (κ2) is 8.66. The van der Waals surface area contributed by atoms with Crippen molar-refractivity contribution in [3.8, 4) is 5.75 Å². The molecule has 0 atom stereocenters. The molecule has 3 nitrogen and oxygen atoms in total. The van der Waals surface area contributed by atoms with Gasteiger partial charge in [0, 0.05) is 12.8 Å². The minimum absolute atomic E-state index is 0.0197. The van der Waals surface area contributed by atoms with Gasteiger partial charge in [0.2, 0.25) is 5.24 Å². The highest BCUT2D eigenvalue weighted by atomic mass is 35.5. The predicted molar refractivity (Wildman–Crippen MR) is 86.5 cm³/mol. The van der Waals surface area contributed by atoms with Crippen LogP contribution >= 0.6 is 69.6 Å². The smallest absolute Gasteiger partial charge is 0.311 e. The van der Waals surface area contributed by atoms with E-state index >= 15 is 0 Å². The van der Waals surface area contributed by atoms with Gasteiger partial charge in [-0.25, -0.2) is 0 Å². The molecule has 1 aromatic rings. The van der Waals surface area contributed by atoms with Crippen molar-refractivity contribution in [3.05, 3.63) is 25.1 Å². The van der Waals surface area contributed by atoms with E-state index in [2.05, 4.69) is 0 Å². The van der Waals surface area contributed by atoms with Crippen LogP contribution in [0.4, 0.5) is 0 Å². The summed E-state index contributed by atoms with van der Waals surface area (Å²) in [6, 6.07) is 0. The summed E-state index contributed by atoms with van der Waals surface area (Å²) in [4.78, 5) is 22.2. The molecule has 0 spiro atoms. The number of ether oxygens (including phenoxy) is 1. The molecular weight excluding hydrogens is 405 g/mol. The summed E-state index contributed by atoms with van der Waals surface area (Å²) < 4.78 is 5.05. The fourth-order valence-corrected chi connectivity index (χ4v) is 2.70. The third-order valence-electron chi connectivity index (χ3n) is 2.39. The lowest BCUT2D eigenvalue weighted by Gasteiger charge is -2.12. The third-order valence-corrected chi connectivity index (χ3v) is 4.82. The van der Waals surface area contributed by atoms with Gasteiger partial charge in [-0.15, -0.1) is 0 Å². The first-order chi connectivity index (χ1) is 9.75. The Labute approximate surface area is 151 Å². The van der Waals surface area contributed by atoms with E-state index in [-0.39, 0.29) is 43.7 Å². The van der Waals surface area contributed by atoms with Gasteiger partial charge < -0.3 is 4.74 Å². The van der Waals surface area contributed by atoms with Crippen molar-refractivity contribution in [2.45, 2.75) is 25.7 Å². The molecule has 0 N–H and O–H groups in total. The highest BCUT2D eigenvalue weighted by molar-refractivity contribution is 6.63. The summed E-state index contributed by atoms with van der Waals surface area (Å²) in [6.45, 7) is 0. The average Bonchev–Trinajstić information content (AvgIpc) is 2.44. The highest BCUT2D eigenvalue weighted by Gasteiger charge is 2.22. The monoisotopic (exact) mass is 410 g/mol. The minimum Gasteiger partial charge on any atom is -0.423 e. The molecule has 0 saturated heterocycles. The summed E-state index contributed by atoms with van der Waals surface area (Å²) in [5.74, 6) is -0.730. The number of rotatable bonds is 6. The topological polar surface area (TPSA) is 43.4 Å². The van der Waals surface area contributed by atoms with Gasteiger partial charge in [-0.1, -0.05) is 58.0 Å². The van der Waals surface area contributed by atoms with Gasteiger partial charge in [0.25, 0.3) is 0 Å². The van der Waals surface area contributed by atoms with Crippen molar-refractivity contribution in [2.75, 3.05) is 0 Å². The molecule has 0 aliphatic carbocycles. The van der Waals surface area contributed by atoms with E-state index in [9.17, 15) is 9.59 Å². The number of unbranched alkanes of at least 4 members (excludes halogenated alkanes) is 1. The van der Waals surface area contributed by atoms with Crippen LogP contribution in [0.15, 0.2) is 0 Å². The van der Waals surface area contributed by atoms with Gasteiger partial charge in [-0.3, -0.25) is 9.59 Å².